The Morgan fingerprint density at radius 1 is 1.47 bits per heavy atom. The van der Waals surface area contributed by atoms with Crippen LogP contribution in [0.25, 0.3) is 0 Å². The molecule has 1 aromatic rings. The number of halogens is 4. The first-order valence-electron chi connectivity index (χ1n) is 4.09. The van der Waals surface area contributed by atoms with Crippen molar-refractivity contribution in [1.82, 2.24) is 0 Å². The van der Waals surface area contributed by atoms with Gasteiger partial charge in [0.15, 0.2) is 0 Å². The molecule has 0 spiro atoms. The summed E-state index contributed by atoms with van der Waals surface area (Å²) in [5, 5.41) is 9.28. The van der Waals surface area contributed by atoms with E-state index < -0.39 is 30.0 Å². The molecule has 0 heterocycles. The topological polar surface area (TPSA) is 46.2 Å². The number of aliphatic hydroxyl groups is 1. The van der Waals surface area contributed by atoms with Crippen molar-refractivity contribution in [2.75, 3.05) is 6.54 Å². The Bertz CT molecular complexity index is 359. The molecule has 1 aromatic carbocycles. The lowest BCUT2D eigenvalue weighted by atomic mass is 10.0. The van der Waals surface area contributed by atoms with Crippen LogP contribution >= 0.6 is 11.6 Å². The van der Waals surface area contributed by atoms with Gasteiger partial charge in [-0.15, -0.1) is 0 Å². The third-order valence-corrected chi connectivity index (χ3v) is 2.16. The van der Waals surface area contributed by atoms with Gasteiger partial charge in [-0.25, -0.2) is 13.2 Å². The number of alkyl halides is 2. The lowest BCUT2D eigenvalue weighted by Gasteiger charge is -2.21. The first-order valence-corrected chi connectivity index (χ1v) is 4.47. The third kappa shape index (κ3) is 2.62. The SMILES string of the molecule is NCC(F)(F)C(O)c1ccc(Cl)cc1F. The van der Waals surface area contributed by atoms with E-state index in [1.54, 1.807) is 0 Å². The summed E-state index contributed by atoms with van der Waals surface area (Å²) in [5.74, 6) is -4.54. The number of hydrogen-bond acceptors (Lipinski definition) is 2. The average Bonchev–Trinajstić information content (AvgIpc) is 2.17. The summed E-state index contributed by atoms with van der Waals surface area (Å²) >= 11 is 5.44. The van der Waals surface area contributed by atoms with Crippen molar-refractivity contribution in [3.63, 3.8) is 0 Å². The summed E-state index contributed by atoms with van der Waals surface area (Å²) in [5.41, 5.74) is 4.25. The minimum Gasteiger partial charge on any atom is -0.382 e. The van der Waals surface area contributed by atoms with Crippen molar-refractivity contribution < 1.29 is 18.3 Å². The summed E-state index contributed by atoms with van der Waals surface area (Å²) in [6.07, 6.45) is -2.26. The Kier molecular flexibility index (Phi) is 3.59. The third-order valence-electron chi connectivity index (χ3n) is 1.93. The molecule has 84 valence electrons. The fourth-order valence-electron chi connectivity index (χ4n) is 1.06. The molecule has 0 saturated heterocycles. The first-order chi connectivity index (χ1) is 6.88. The molecule has 6 heteroatoms. The number of benzene rings is 1. The van der Waals surface area contributed by atoms with E-state index in [-0.39, 0.29) is 5.02 Å². The Morgan fingerprint density at radius 3 is 2.53 bits per heavy atom. The molecular weight excluding hydrogens is 231 g/mol. The van der Waals surface area contributed by atoms with Gasteiger partial charge in [-0.05, 0) is 12.1 Å². The van der Waals surface area contributed by atoms with E-state index in [9.17, 15) is 18.3 Å². The lowest BCUT2D eigenvalue weighted by Crippen LogP contribution is -2.35. The summed E-state index contributed by atoms with van der Waals surface area (Å²) in [4.78, 5) is 0. The molecule has 1 rings (SSSR count). The predicted molar refractivity (Wildman–Crippen MR) is 50.4 cm³/mol. The standard InChI is InChI=1S/C9H9ClF3NO/c10-5-1-2-6(7(11)3-5)8(15)9(12,13)4-14/h1-3,8,15H,4,14H2. The molecule has 0 aromatic heterocycles. The molecule has 1 unspecified atom stereocenters. The quantitative estimate of drug-likeness (QED) is 0.849. The van der Waals surface area contributed by atoms with E-state index in [1.807, 2.05) is 0 Å². The van der Waals surface area contributed by atoms with E-state index in [2.05, 4.69) is 0 Å². The van der Waals surface area contributed by atoms with Gasteiger partial charge in [0.25, 0.3) is 5.92 Å². The van der Waals surface area contributed by atoms with Crippen molar-refractivity contribution in [2.45, 2.75) is 12.0 Å². The fraction of sp³-hybridized carbons (Fsp3) is 0.333. The van der Waals surface area contributed by atoms with Gasteiger partial charge in [0.1, 0.15) is 11.9 Å². The molecule has 0 aliphatic carbocycles. The van der Waals surface area contributed by atoms with Gasteiger partial charge in [0.05, 0.1) is 6.54 Å². The molecule has 15 heavy (non-hydrogen) atoms. The molecule has 0 amide bonds. The van der Waals surface area contributed by atoms with Crippen molar-refractivity contribution >= 4 is 11.6 Å². The highest BCUT2D eigenvalue weighted by atomic mass is 35.5. The van der Waals surface area contributed by atoms with Crippen LogP contribution in [0.5, 0.6) is 0 Å². The van der Waals surface area contributed by atoms with Gasteiger partial charge in [-0.2, -0.15) is 0 Å². The molecule has 0 bridgehead atoms. The van der Waals surface area contributed by atoms with Gasteiger partial charge >= 0.3 is 0 Å². The monoisotopic (exact) mass is 239 g/mol. The number of aliphatic hydroxyl groups excluding tert-OH is 1. The molecule has 0 aliphatic heterocycles. The summed E-state index contributed by atoms with van der Waals surface area (Å²) in [6.45, 7) is -1.06. The number of rotatable bonds is 3. The van der Waals surface area contributed by atoms with Crippen LogP contribution in [0, 0.1) is 5.82 Å². The zero-order valence-electron chi connectivity index (χ0n) is 7.55. The Labute approximate surface area is 89.5 Å². The lowest BCUT2D eigenvalue weighted by molar-refractivity contribution is -0.104. The Balaban J connectivity index is 3.06. The van der Waals surface area contributed by atoms with E-state index in [0.717, 1.165) is 12.1 Å². The van der Waals surface area contributed by atoms with Crippen molar-refractivity contribution in [2.24, 2.45) is 5.73 Å². The Hall–Kier alpha value is -0.780. The summed E-state index contributed by atoms with van der Waals surface area (Å²) in [7, 11) is 0. The van der Waals surface area contributed by atoms with Crippen LogP contribution in [0.1, 0.15) is 11.7 Å². The second-order valence-electron chi connectivity index (χ2n) is 3.03. The second-order valence-corrected chi connectivity index (χ2v) is 3.47. The zero-order chi connectivity index (χ0) is 11.6. The van der Waals surface area contributed by atoms with E-state index >= 15 is 0 Å². The van der Waals surface area contributed by atoms with Gasteiger partial charge in [-0.1, -0.05) is 17.7 Å². The van der Waals surface area contributed by atoms with Gasteiger partial charge in [-0.3, -0.25) is 0 Å². The van der Waals surface area contributed by atoms with Crippen molar-refractivity contribution in [1.29, 1.82) is 0 Å². The number of hydrogen-bond donors (Lipinski definition) is 2. The normalized spacial score (nSPS) is 14.0. The molecule has 2 nitrogen and oxygen atoms in total. The maximum atomic E-state index is 13.1. The van der Waals surface area contributed by atoms with Crippen LogP contribution in [-0.2, 0) is 0 Å². The number of nitrogens with two attached hydrogens (primary N) is 1. The molecule has 0 radical (unpaired) electrons. The highest BCUT2D eigenvalue weighted by molar-refractivity contribution is 6.30. The highest BCUT2D eigenvalue weighted by Crippen LogP contribution is 2.32. The zero-order valence-corrected chi connectivity index (χ0v) is 8.31. The van der Waals surface area contributed by atoms with Gasteiger partial charge in [0, 0.05) is 10.6 Å². The van der Waals surface area contributed by atoms with Crippen molar-refractivity contribution in [3.05, 3.63) is 34.6 Å². The molecule has 0 aliphatic rings. The Morgan fingerprint density at radius 2 is 2.07 bits per heavy atom. The van der Waals surface area contributed by atoms with Crippen LogP contribution < -0.4 is 5.73 Å². The summed E-state index contributed by atoms with van der Waals surface area (Å²) < 4.78 is 39.0. The molecule has 3 N–H and O–H groups in total. The van der Waals surface area contributed by atoms with E-state index in [4.69, 9.17) is 17.3 Å². The van der Waals surface area contributed by atoms with Gasteiger partial charge in [0.2, 0.25) is 0 Å². The second kappa shape index (κ2) is 4.38. The van der Waals surface area contributed by atoms with Crippen LogP contribution in [0.15, 0.2) is 18.2 Å². The summed E-state index contributed by atoms with van der Waals surface area (Å²) in [6, 6.07) is 3.08. The van der Waals surface area contributed by atoms with Crippen molar-refractivity contribution in [3.8, 4) is 0 Å². The molecule has 0 saturated carbocycles. The fourth-order valence-corrected chi connectivity index (χ4v) is 1.22. The first kappa shape index (κ1) is 12.3. The smallest absolute Gasteiger partial charge is 0.289 e. The van der Waals surface area contributed by atoms with Crippen LogP contribution in [0.3, 0.4) is 0 Å². The highest BCUT2D eigenvalue weighted by Gasteiger charge is 2.39. The maximum Gasteiger partial charge on any atom is 0.289 e. The predicted octanol–water partition coefficient (Wildman–Crippen LogP) is 2.11. The largest absolute Gasteiger partial charge is 0.382 e. The minimum atomic E-state index is -3.56. The minimum absolute atomic E-state index is 0.0690. The van der Waals surface area contributed by atoms with E-state index in [1.165, 1.54) is 6.07 Å². The van der Waals surface area contributed by atoms with E-state index in [0.29, 0.717) is 0 Å². The molecule has 1 atom stereocenters. The van der Waals surface area contributed by atoms with Gasteiger partial charge < -0.3 is 10.8 Å². The van der Waals surface area contributed by atoms with Crippen LogP contribution in [0.2, 0.25) is 5.02 Å². The average molecular weight is 240 g/mol. The molecular formula is C9H9ClF3NO. The van der Waals surface area contributed by atoms with Crippen LogP contribution in [-0.4, -0.2) is 17.6 Å². The maximum absolute atomic E-state index is 13.1. The molecule has 0 fully saturated rings. The van der Waals surface area contributed by atoms with Crippen LogP contribution in [0.4, 0.5) is 13.2 Å².